The van der Waals surface area contributed by atoms with Crippen LogP contribution in [0.4, 0.5) is 0 Å². The van der Waals surface area contributed by atoms with Crippen LogP contribution in [0.5, 0.6) is 0 Å². The molecule has 6 unspecified atom stereocenters. The molecule has 0 saturated heterocycles. The average Bonchev–Trinajstić information content (AvgIpc) is 2.93. The maximum atomic E-state index is 12.4. The Kier molecular flexibility index (Phi) is 6.15. The standard InChI is InChI=1S/C19H34N2O4/c1-12-4-3-6-18(8-12,10-20)14(16(22)23)15(17(24)25)19(11-21)7-5-13(2)9-19/h12-15H,3-11,20-21H2,1-2H3,(H,22,23)(H,24,25). The fraction of sp³-hybridized carbons (Fsp3) is 0.895. The van der Waals surface area contributed by atoms with Crippen molar-refractivity contribution in [3.63, 3.8) is 0 Å². The maximum absolute atomic E-state index is 12.4. The fourth-order valence-corrected chi connectivity index (χ4v) is 5.84. The molecule has 0 aromatic carbocycles. The van der Waals surface area contributed by atoms with Gasteiger partial charge in [0.1, 0.15) is 0 Å². The Morgan fingerprint density at radius 2 is 1.36 bits per heavy atom. The van der Waals surface area contributed by atoms with Gasteiger partial charge in [0.2, 0.25) is 0 Å². The maximum Gasteiger partial charge on any atom is 0.308 e. The van der Waals surface area contributed by atoms with Gasteiger partial charge in [0.15, 0.2) is 0 Å². The van der Waals surface area contributed by atoms with Crippen LogP contribution in [0, 0.1) is 34.5 Å². The summed E-state index contributed by atoms with van der Waals surface area (Å²) in [5.74, 6) is -3.28. The lowest BCUT2D eigenvalue weighted by Gasteiger charge is -2.49. The van der Waals surface area contributed by atoms with E-state index in [1.165, 1.54) is 0 Å². The van der Waals surface area contributed by atoms with Crippen molar-refractivity contribution in [2.75, 3.05) is 13.1 Å². The van der Waals surface area contributed by atoms with E-state index in [0.29, 0.717) is 37.5 Å². The summed E-state index contributed by atoms with van der Waals surface area (Å²) in [5.41, 5.74) is 10.9. The molecule has 0 aliphatic heterocycles. The van der Waals surface area contributed by atoms with Crippen molar-refractivity contribution in [2.24, 2.45) is 46.0 Å². The second-order valence-corrected chi connectivity index (χ2v) is 8.81. The molecule has 25 heavy (non-hydrogen) atoms. The van der Waals surface area contributed by atoms with Gasteiger partial charge in [-0.1, -0.05) is 33.1 Å². The summed E-state index contributed by atoms with van der Waals surface area (Å²) in [7, 11) is 0. The molecule has 2 aliphatic carbocycles. The second-order valence-electron chi connectivity index (χ2n) is 8.81. The van der Waals surface area contributed by atoms with Gasteiger partial charge < -0.3 is 21.7 Å². The SMILES string of the molecule is CC1CCCC(CN)(C(C(=O)O)C(C(=O)O)C2(CN)CCC(C)C2)C1. The van der Waals surface area contributed by atoms with Crippen LogP contribution in [0.1, 0.15) is 58.8 Å². The Balaban J connectivity index is 2.50. The molecule has 2 aliphatic rings. The van der Waals surface area contributed by atoms with Gasteiger partial charge in [0.25, 0.3) is 0 Å². The molecule has 0 radical (unpaired) electrons. The first-order chi connectivity index (χ1) is 11.7. The summed E-state index contributed by atoms with van der Waals surface area (Å²) >= 11 is 0. The number of carboxylic acids is 2. The van der Waals surface area contributed by atoms with Crippen LogP contribution in [-0.2, 0) is 9.59 Å². The van der Waals surface area contributed by atoms with E-state index in [0.717, 1.165) is 19.3 Å². The molecule has 0 amide bonds. The molecular formula is C19H34N2O4. The summed E-state index contributed by atoms with van der Waals surface area (Å²) < 4.78 is 0. The van der Waals surface area contributed by atoms with Crippen LogP contribution in [0.2, 0.25) is 0 Å². The highest BCUT2D eigenvalue weighted by molar-refractivity contribution is 5.81. The lowest BCUT2D eigenvalue weighted by atomic mass is 9.54. The number of hydrogen-bond donors (Lipinski definition) is 4. The zero-order chi connectivity index (χ0) is 18.8. The Bertz CT molecular complexity index is 512. The van der Waals surface area contributed by atoms with Gasteiger partial charge in [-0.05, 0) is 61.4 Å². The van der Waals surface area contributed by atoms with Gasteiger partial charge in [-0.15, -0.1) is 0 Å². The quantitative estimate of drug-likeness (QED) is 0.555. The molecule has 6 atom stereocenters. The predicted molar refractivity (Wildman–Crippen MR) is 95.9 cm³/mol. The van der Waals surface area contributed by atoms with E-state index in [1.54, 1.807) is 0 Å². The Labute approximate surface area is 150 Å². The Morgan fingerprint density at radius 1 is 0.920 bits per heavy atom. The molecular weight excluding hydrogens is 320 g/mol. The summed E-state index contributed by atoms with van der Waals surface area (Å²) in [5, 5.41) is 20.2. The first kappa shape index (κ1) is 20.2. The van der Waals surface area contributed by atoms with Gasteiger partial charge in [-0.2, -0.15) is 0 Å². The number of nitrogens with two attached hydrogens (primary N) is 2. The third kappa shape index (κ3) is 3.70. The van der Waals surface area contributed by atoms with E-state index in [-0.39, 0.29) is 13.1 Å². The molecule has 0 aromatic rings. The van der Waals surface area contributed by atoms with E-state index in [2.05, 4.69) is 13.8 Å². The topological polar surface area (TPSA) is 127 Å². The monoisotopic (exact) mass is 354 g/mol. The molecule has 2 fully saturated rings. The van der Waals surface area contributed by atoms with Crippen LogP contribution < -0.4 is 11.5 Å². The van der Waals surface area contributed by atoms with Crippen molar-refractivity contribution in [2.45, 2.75) is 58.8 Å². The molecule has 144 valence electrons. The van der Waals surface area contributed by atoms with Crippen molar-refractivity contribution in [1.29, 1.82) is 0 Å². The number of hydrogen-bond acceptors (Lipinski definition) is 4. The van der Waals surface area contributed by atoms with Gasteiger partial charge >= 0.3 is 11.9 Å². The highest BCUT2D eigenvalue weighted by atomic mass is 16.4. The molecule has 2 saturated carbocycles. The lowest BCUT2D eigenvalue weighted by molar-refractivity contribution is -0.169. The lowest BCUT2D eigenvalue weighted by Crippen LogP contribution is -2.55. The first-order valence-corrected chi connectivity index (χ1v) is 9.57. The van der Waals surface area contributed by atoms with E-state index in [9.17, 15) is 19.8 Å². The highest BCUT2D eigenvalue weighted by Crippen LogP contribution is 2.55. The summed E-state index contributed by atoms with van der Waals surface area (Å²) in [6, 6.07) is 0. The van der Waals surface area contributed by atoms with Gasteiger partial charge in [0.05, 0.1) is 11.8 Å². The Hall–Kier alpha value is -1.14. The second kappa shape index (κ2) is 7.62. The number of rotatable bonds is 7. The molecule has 6 heteroatoms. The highest BCUT2D eigenvalue weighted by Gasteiger charge is 2.58. The van der Waals surface area contributed by atoms with Crippen LogP contribution in [-0.4, -0.2) is 35.2 Å². The zero-order valence-electron chi connectivity index (χ0n) is 15.5. The summed E-state index contributed by atoms with van der Waals surface area (Å²) in [4.78, 5) is 24.7. The largest absolute Gasteiger partial charge is 0.481 e. The molecule has 0 heterocycles. The fourth-order valence-electron chi connectivity index (χ4n) is 5.84. The van der Waals surface area contributed by atoms with Crippen LogP contribution in [0.25, 0.3) is 0 Å². The average molecular weight is 354 g/mol. The first-order valence-electron chi connectivity index (χ1n) is 9.57. The van der Waals surface area contributed by atoms with E-state index >= 15 is 0 Å². The summed E-state index contributed by atoms with van der Waals surface area (Å²) in [6.45, 7) is 4.63. The van der Waals surface area contributed by atoms with Crippen molar-refractivity contribution in [1.82, 2.24) is 0 Å². The molecule has 6 nitrogen and oxygen atoms in total. The predicted octanol–water partition coefficient (Wildman–Crippen LogP) is 2.31. The Morgan fingerprint density at radius 3 is 1.68 bits per heavy atom. The van der Waals surface area contributed by atoms with Gasteiger partial charge in [-0.3, -0.25) is 9.59 Å². The third-order valence-corrected chi connectivity index (χ3v) is 7.01. The number of carbonyl (C=O) groups is 2. The van der Waals surface area contributed by atoms with E-state index in [1.807, 2.05) is 0 Å². The van der Waals surface area contributed by atoms with Gasteiger partial charge in [-0.25, -0.2) is 0 Å². The van der Waals surface area contributed by atoms with Gasteiger partial charge in [0, 0.05) is 0 Å². The smallest absolute Gasteiger partial charge is 0.308 e. The molecule has 0 spiro atoms. The van der Waals surface area contributed by atoms with Crippen LogP contribution in [0.3, 0.4) is 0 Å². The minimum absolute atomic E-state index is 0.217. The number of aliphatic carboxylic acids is 2. The zero-order valence-corrected chi connectivity index (χ0v) is 15.5. The minimum atomic E-state index is -1.03. The normalized spacial score (nSPS) is 38.2. The molecule has 0 aromatic heterocycles. The summed E-state index contributed by atoms with van der Waals surface area (Å²) in [6.07, 6.45) is 5.58. The molecule has 0 bridgehead atoms. The van der Waals surface area contributed by atoms with Crippen molar-refractivity contribution < 1.29 is 19.8 Å². The van der Waals surface area contributed by atoms with Crippen molar-refractivity contribution in [3.05, 3.63) is 0 Å². The molecule has 6 N–H and O–H groups in total. The number of carboxylic acid groups (broad SMARTS) is 2. The van der Waals surface area contributed by atoms with Crippen LogP contribution >= 0.6 is 0 Å². The van der Waals surface area contributed by atoms with Crippen LogP contribution in [0.15, 0.2) is 0 Å². The van der Waals surface area contributed by atoms with E-state index in [4.69, 9.17) is 11.5 Å². The van der Waals surface area contributed by atoms with E-state index < -0.39 is 34.6 Å². The third-order valence-electron chi connectivity index (χ3n) is 7.01. The van der Waals surface area contributed by atoms with Crippen molar-refractivity contribution in [3.8, 4) is 0 Å². The van der Waals surface area contributed by atoms with Crippen molar-refractivity contribution >= 4 is 11.9 Å². The minimum Gasteiger partial charge on any atom is -0.481 e. The molecule has 2 rings (SSSR count).